The van der Waals surface area contributed by atoms with Gasteiger partial charge in [-0.25, -0.2) is 4.98 Å². The number of fused-ring (bicyclic) bond motifs is 1. The van der Waals surface area contributed by atoms with E-state index in [4.69, 9.17) is 14.1 Å². The van der Waals surface area contributed by atoms with Crippen LogP contribution in [0.5, 0.6) is 5.75 Å². The lowest BCUT2D eigenvalue weighted by Crippen LogP contribution is -2.27. The van der Waals surface area contributed by atoms with E-state index in [1.54, 1.807) is 6.26 Å². The molecule has 4 aromatic rings. The van der Waals surface area contributed by atoms with Gasteiger partial charge in [-0.3, -0.25) is 4.79 Å². The van der Waals surface area contributed by atoms with Gasteiger partial charge in [-0.1, -0.05) is 24.3 Å². The van der Waals surface area contributed by atoms with E-state index in [9.17, 15) is 4.79 Å². The van der Waals surface area contributed by atoms with E-state index in [1.807, 2.05) is 88.6 Å². The summed E-state index contributed by atoms with van der Waals surface area (Å²) in [6.07, 6.45) is 1.63. The van der Waals surface area contributed by atoms with Crippen LogP contribution in [-0.2, 0) is 0 Å². The van der Waals surface area contributed by atoms with Crippen molar-refractivity contribution in [2.75, 3.05) is 27.2 Å². The fraction of sp³-hybridized carbons (Fsp3) is 0.259. The molecule has 4 rings (SSSR count). The van der Waals surface area contributed by atoms with E-state index in [-0.39, 0.29) is 11.9 Å². The first-order chi connectivity index (χ1) is 15.9. The Balaban J connectivity index is 1.60. The Morgan fingerprint density at radius 2 is 1.94 bits per heavy atom. The number of carbonyl (C=O) groups is 1. The summed E-state index contributed by atoms with van der Waals surface area (Å²) in [5, 5.41) is 4.16. The number of carbonyl (C=O) groups excluding carboxylic acids is 1. The van der Waals surface area contributed by atoms with Gasteiger partial charge < -0.3 is 19.4 Å². The van der Waals surface area contributed by atoms with E-state index in [2.05, 4.69) is 10.2 Å². The highest BCUT2D eigenvalue weighted by atomic mass is 16.5. The topological polar surface area (TPSA) is 67.6 Å². The predicted molar refractivity (Wildman–Crippen MR) is 131 cm³/mol. The Kier molecular flexibility index (Phi) is 6.75. The van der Waals surface area contributed by atoms with Crippen LogP contribution in [0.2, 0.25) is 0 Å². The highest BCUT2D eigenvalue weighted by Crippen LogP contribution is 2.29. The van der Waals surface area contributed by atoms with Gasteiger partial charge in [0, 0.05) is 17.5 Å². The molecule has 0 unspecified atom stereocenters. The van der Waals surface area contributed by atoms with Crippen molar-refractivity contribution < 1.29 is 13.9 Å². The zero-order valence-corrected chi connectivity index (χ0v) is 19.5. The number of pyridine rings is 1. The molecule has 6 nitrogen and oxygen atoms in total. The van der Waals surface area contributed by atoms with Gasteiger partial charge >= 0.3 is 0 Å². The van der Waals surface area contributed by atoms with Crippen LogP contribution in [0, 0.1) is 6.92 Å². The number of aromatic nitrogens is 1. The Bertz CT molecular complexity index is 1250. The van der Waals surface area contributed by atoms with Gasteiger partial charge in [-0.2, -0.15) is 0 Å². The first kappa shape index (κ1) is 22.6. The molecule has 0 saturated carbocycles. The van der Waals surface area contributed by atoms with Crippen molar-refractivity contribution in [2.24, 2.45) is 0 Å². The molecule has 1 N–H and O–H groups in total. The summed E-state index contributed by atoms with van der Waals surface area (Å²) in [7, 11) is 4.00. The van der Waals surface area contributed by atoms with Crippen LogP contribution >= 0.6 is 0 Å². The van der Waals surface area contributed by atoms with E-state index in [0.717, 1.165) is 34.3 Å². The highest BCUT2D eigenvalue weighted by molar-refractivity contribution is 5.96. The number of benzene rings is 2. The Morgan fingerprint density at radius 3 is 2.70 bits per heavy atom. The first-order valence-corrected chi connectivity index (χ1v) is 11.0. The van der Waals surface area contributed by atoms with Crippen LogP contribution in [0.15, 0.2) is 71.3 Å². The maximum absolute atomic E-state index is 13.2. The summed E-state index contributed by atoms with van der Waals surface area (Å²) in [5.74, 6) is 1.24. The third-order valence-corrected chi connectivity index (χ3v) is 5.60. The second-order valence-electron chi connectivity index (χ2n) is 8.41. The van der Waals surface area contributed by atoms with Crippen LogP contribution < -0.4 is 10.1 Å². The summed E-state index contributed by atoms with van der Waals surface area (Å²) >= 11 is 0. The number of nitrogens with zero attached hydrogens (tertiary/aromatic N) is 2. The zero-order valence-electron chi connectivity index (χ0n) is 19.5. The molecular weight excluding hydrogens is 414 g/mol. The molecule has 0 aliphatic heterocycles. The fourth-order valence-electron chi connectivity index (χ4n) is 3.74. The molecule has 33 heavy (non-hydrogen) atoms. The molecule has 6 heteroatoms. The molecule has 0 bridgehead atoms. The van der Waals surface area contributed by atoms with Crippen LogP contribution in [-0.4, -0.2) is 43.0 Å². The minimum absolute atomic E-state index is 0.140. The van der Waals surface area contributed by atoms with Gasteiger partial charge in [0.1, 0.15) is 18.1 Å². The minimum Gasteiger partial charge on any atom is -0.492 e. The lowest BCUT2D eigenvalue weighted by atomic mass is 10.00. The summed E-state index contributed by atoms with van der Waals surface area (Å²) in [6, 6.07) is 19.0. The number of aryl methyl sites for hydroxylation is 1. The van der Waals surface area contributed by atoms with E-state index >= 15 is 0 Å². The normalized spacial score (nSPS) is 12.2. The third-order valence-electron chi connectivity index (χ3n) is 5.60. The van der Waals surface area contributed by atoms with Crippen LogP contribution in [0.4, 0.5) is 0 Å². The molecule has 1 amide bonds. The fourth-order valence-corrected chi connectivity index (χ4v) is 3.74. The number of likely N-dealkylation sites (N-methyl/N-ethyl adjacent to an activating group) is 1. The monoisotopic (exact) mass is 443 g/mol. The SMILES string of the molecule is Cc1ccc(OCCN(C)C)cc1C(=O)N[C@H](C)c1cc(-c2ccco2)nc2ccccc12. The van der Waals surface area contributed by atoms with Gasteiger partial charge in [0.05, 0.1) is 17.8 Å². The van der Waals surface area contributed by atoms with Crippen LogP contribution in [0.3, 0.4) is 0 Å². The number of amides is 1. The van der Waals surface area contributed by atoms with Crippen molar-refractivity contribution in [1.82, 2.24) is 15.2 Å². The molecule has 0 spiro atoms. The number of para-hydroxylation sites is 1. The largest absolute Gasteiger partial charge is 0.492 e. The van der Waals surface area contributed by atoms with Gasteiger partial charge in [0.15, 0.2) is 5.76 Å². The lowest BCUT2D eigenvalue weighted by molar-refractivity contribution is 0.0939. The Labute approximate surface area is 194 Å². The molecule has 2 aromatic heterocycles. The Hall–Kier alpha value is -3.64. The number of nitrogens with one attached hydrogen (secondary N) is 1. The van der Waals surface area contributed by atoms with E-state index < -0.39 is 0 Å². The quantitative estimate of drug-likeness (QED) is 0.404. The van der Waals surface area contributed by atoms with Gasteiger partial charge in [0.2, 0.25) is 0 Å². The van der Waals surface area contributed by atoms with Crippen molar-refractivity contribution in [3.8, 4) is 17.2 Å². The lowest BCUT2D eigenvalue weighted by Gasteiger charge is -2.19. The molecular formula is C27H29N3O3. The summed E-state index contributed by atoms with van der Waals surface area (Å²) in [6.45, 7) is 5.28. The smallest absolute Gasteiger partial charge is 0.252 e. The minimum atomic E-state index is -0.239. The second kappa shape index (κ2) is 9.88. The van der Waals surface area contributed by atoms with E-state index in [0.29, 0.717) is 23.7 Å². The zero-order chi connectivity index (χ0) is 23.4. The van der Waals surface area contributed by atoms with Crippen molar-refractivity contribution >= 4 is 16.8 Å². The summed E-state index contributed by atoms with van der Waals surface area (Å²) in [5.41, 5.74) is 4.08. The van der Waals surface area contributed by atoms with Crippen molar-refractivity contribution in [3.05, 3.63) is 83.6 Å². The molecule has 0 radical (unpaired) electrons. The third kappa shape index (κ3) is 5.23. The van der Waals surface area contributed by atoms with Gasteiger partial charge in [-0.15, -0.1) is 0 Å². The van der Waals surface area contributed by atoms with Crippen molar-refractivity contribution in [3.63, 3.8) is 0 Å². The average molecular weight is 444 g/mol. The van der Waals surface area contributed by atoms with Crippen LogP contribution in [0.1, 0.15) is 34.5 Å². The number of hydrogen-bond acceptors (Lipinski definition) is 5. The molecule has 2 heterocycles. The van der Waals surface area contributed by atoms with E-state index in [1.165, 1.54) is 0 Å². The number of furan rings is 1. The summed E-state index contributed by atoms with van der Waals surface area (Å²) < 4.78 is 11.4. The standard InChI is InChI=1S/C27H29N3O3/c1-18-11-12-20(32-15-13-30(3)4)16-22(18)27(31)28-19(2)23-17-25(26-10-7-14-33-26)29-24-9-6-5-8-21(23)24/h5-12,14,16-17,19H,13,15H2,1-4H3,(H,28,31)/t19-/m1/s1. The molecule has 0 aliphatic carbocycles. The number of hydrogen-bond donors (Lipinski definition) is 1. The number of rotatable bonds is 8. The maximum Gasteiger partial charge on any atom is 0.252 e. The molecule has 170 valence electrons. The summed E-state index contributed by atoms with van der Waals surface area (Å²) in [4.78, 5) is 20.0. The molecule has 2 aromatic carbocycles. The number of ether oxygens (including phenoxy) is 1. The van der Waals surface area contributed by atoms with Crippen molar-refractivity contribution in [2.45, 2.75) is 19.9 Å². The van der Waals surface area contributed by atoms with Gasteiger partial charge in [0.25, 0.3) is 5.91 Å². The average Bonchev–Trinajstić information content (AvgIpc) is 3.34. The first-order valence-electron chi connectivity index (χ1n) is 11.0. The molecule has 0 aliphatic rings. The van der Waals surface area contributed by atoms with Crippen LogP contribution in [0.25, 0.3) is 22.4 Å². The second-order valence-corrected chi connectivity index (χ2v) is 8.41. The highest BCUT2D eigenvalue weighted by Gasteiger charge is 2.18. The molecule has 1 atom stereocenters. The van der Waals surface area contributed by atoms with Gasteiger partial charge in [-0.05, 0) is 75.5 Å². The van der Waals surface area contributed by atoms with Crippen molar-refractivity contribution in [1.29, 1.82) is 0 Å². The maximum atomic E-state index is 13.2. The molecule has 0 saturated heterocycles. The molecule has 0 fully saturated rings. The Morgan fingerprint density at radius 1 is 1.12 bits per heavy atom. The predicted octanol–water partition coefficient (Wildman–Crippen LogP) is 5.23.